The number of ether oxygens (including phenoxy) is 1. The highest BCUT2D eigenvalue weighted by atomic mass is 16.5. The monoisotopic (exact) mass is 259 g/mol. The molecular weight excluding hydrogens is 242 g/mol. The highest BCUT2D eigenvalue weighted by Crippen LogP contribution is 2.16. The Balaban J connectivity index is 1.92. The summed E-state index contributed by atoms with van der Waals surface area (Å²) >= 11 is 0. The molecule has 0 aliphatic heterocycles. The molecule has 0 aliphatic carbocycles. The third-order valence-electron chi connectivity index (χ3n) is 2.75. The molecule has 0 radical (unpaired) electrons. The molecule has 5 heteroatoms. The summed E-state index contributed by atoms with van der Waals surface area (Å²) in [4.78, 5) is 11.8. The van der Waals surface area contributed by atoms with E-state index in [1.54, 1.807) is 0 Å². The van der Waals surface area contributed by atoms with Gasteiger partial charge in [-0.1, -0.05) is 12.1 Å². The first-order valence-electron chi connectivity index (χ1n) is 6.07. The van der Waals surface area contributed by atoms with Crippen molar-refractivity contribution < 1.29 is 9.53 Å². The average Bonchev–Trinajstić information content (AvgIpc) is 2.68. The van der Waals surface area contributed by atoms with E-state index in [0.29, 0.717) is 5.75 Å². The first kappa shape index (κ1) is 13.1. The zero-order chi connectivity index (χ0) is 13.8. The van der Waals surface area contributed by atoms with Gasteiger partial charge in [0.05, 0.1) is 17.1 Å². The van der Waals surface area contributed by atoms with Crippen molar-refractivity contribution >= 4 is 11.6 Å². The van der Waals surface area contributed by atoms with E-state index < -0.39 is 0 Å². The van der Waals surface area contributed by atoms with Crippen molar-refractivity contribution in [2.75, 3.05) is 11.9 Å². The molecule has 1 aromatic carbocycles. The number of rotatable bonds is 4. The predicted octanol–water partition coefficient (Wildman–Crippen LogP) is 2.35. The molecular formula is C14H17N3O2. The van der Waals surface area contributed by atoms with Crippen LogP contribution < -0.4 is 10.1 Å². The zero-order valence-corrected chi connectivity index (χ0v) is 11.3. The van der Waals surface area contributed by atoms with Gasteiger partial charge in [-0.25, -0.2) is 0 Å². The lowest BCUT2D eigenvalue weighted by Crippen LogP contribution is -2.20. The van der Waals surface area contributed by atoms with Crippen LogP contribution in [0.1, 0.15) is 17.0 Å². The summed E-state index contributed by atoms with van der Waals surface area (Å²) in [6.07, 6.45) is 0. The van der Waals surface area contributed by atoms with E-state index in [4.69, 9.17) is 4.74 Å². The number of amides is 1. The van der Waals surface area contributed by atoms with E-state index in [0.717, 1.165) is 22.6 Å². The van der Waals surface area contributed by atoms with Crippen LogP contribution in [0.25, 0.3) is 0 Å². The van der Waals surface area contributed by atoms with E-state index in [1.165, 1.54) is 0 Å². The number of aryl methyl sites for hydroxylation is 3. The van der Waals surface area contributed by atoms with Gasteiger partial charge in [-0.05, 0) is 38.5 Å². The van der Waals surface area contributed by atoms with Crippen LogP contribution >= 0.6 is 0 Å². The van der Waals surface area contributed by atoms with Crippen molar-refractivity contribution in [1.29, 1.82) is 0 Å². The maximum atomic E-state index is 11.8. The van der Waals surface area contributed by atoms with Gasteiger partial charge >= 0.3 is 0 Å². The van der Waals surface area contributed by atoms with Gasteiger partial charge in [-0.2, -0.15) is 5.10 Å². The second kappa shape index (κ2) is 5.56. The molecule has 5 nitrogen and oxygen atoms in total. The van der Waals surface area contributed by atoms with Crippen LogP contribution in [0, 0.1) is 20.8 Å². The van der Waals surface area contributed by atoms with Crippen molar-refractivity contribution in [3.05, 3.63) is 41.2 Å². The van der Waals surface area contributed by atoms with Crippen molar-refractivity contribution in [3.63, 3.8) is 0 Å². The van der Waals surface area contributed by atoms with E-state index in [9.17, 15) is 4.79 Å². The first-order valence-corrected chi connectivity index (χ1v) is 6.07. The normalized spacial score (nSPS) is 10.3. The Morgan fingerprint density at radius 3 is 2.79 bits per heavy atom. The minimum atomic E-state index is -0.200. The van der Waals surface area contributed by atoms with Gasteiger partial charge < -0.3 is 10.1 Å². The van der Waals surface area contributed by atoms with Crippen LogP contribution in [0.5, 0.6) is 5.75 Å². The molecule has 100 valence electrons. The fraction of sp³-hybridized carbons (Fsp3) is 0.286. The van der Waals surface area contributed by atoms with E-state index in [1.807, 2.05) is 45.0 Å². The Hall–Kier alpha value is -2.30. The number of anilines is 1. The fourth-order valence-corrected chi connectivity index (χ4v) is 1.76. The summed E-state index contributed by atoms with van der Waals surface area (Å²) < 4.78 is 5.43. The topological polar surface area (TPSA) is 67.0 Å². The van der Waals surface area contributed by atoms with Crippen LogP contribution in [0.3, 0.4) is 0 Å². The summed E-state index contributed by atoms with van der Waals surface area (Å²) in [6.45, 7) is 5.65. The number of aromatic nitrogens is 2. The maximum absolute atomic E-state index is 11.8. The van der Waals surface area contributed by atoms with Crippen LogP contribution in [0.4, 0.5) is 5.69 Å². The van der Waals surface area contributed by atoms with Crippen LogP contribution in [0.2, 0.25) is 0 Å². The largest absolute Gasteiger partial charge is 0.484 e. The van der Waals surface area contributed by atoms with Crippen molar-refractivity contribution in [2.45, 2.75) is 20.8 Å². The summed E-state index contributed by atoms with van der Waals surface area (Å²) in [5.41, 5.74) is 3.42. The molecule has 0 bridgehead atoms. The molecule has 1 heterocycles. The lowest BCUT2D eigenvalue weighted by atomic mass is 10.2. The lowest BCUT2D eigenvalue weighted by Gasteiger charge is -2.08. The van der Waals surface area contributed by atoms with Crippen LogP contribution in [-0.4, -0.2) is 22.7 Å². The first-order chi connectivity index (χ1) is 9.06. The Labute approximate surface area is 112 Å². The smallest absolute Gasteiger partial charge is 0.262 e. The summed E-state index contributed by atoms with van der Waals surface area (Å²) in [7, 11) is 0. The van der Waals surface area contributed by atoms with Gasteiger partial charge in [-0.3, -0.25) is 9.89 Å². The number of nitrogens with one attached hydrogen (secondary N) is 2. The molecule has 0 spiro atoms. The highest BCUT2D eigenvalue weighted by molar-refractivity contribution is 5.92. The quantitative estimate of drug-likeness (QED) is 0.885. The molecule has 0 aliphatic rings. The molecule has 2 N–H and O–H groups in total. The van der Waals surface area contributed by atoms with Crippen LogP contribution in [0.15, 0.2) is 24.3 Å². The minimum absolute atomic E-state index is 0.0203. The predicted molar refractivity (Wildman–Crippen MR) is 73.4 cm³/mol. The Morgan fingerprint density at radius 2 is 2.16 bits per heavy atom. The number of H-pyrrole nitrogens is 1. The lowest BCUT2D eigenvalue weighted by molar-refractivity contribution is -0.118. The number of benzene rings is 1. The maximum Gasteiger partial charge on any atom is 0.262 e. The molecule has 1 aromatic heterocycles. The molecule has 0 saturated heterocycles. The highest BCUT2D eigenvalue weighted by Gasteiger charge is 2.10. The summed E-state index contributed by atoms with van der Waals surface area (Å²) in [5, 5.41) is 9.62. The molecule has 2 rings (SSSR count). The molecule has 1 amide bonds. The molecule has 0 fully saturated rings. The Kier molecular flexibility index (Phi) is 3.85. The van der Waals surface area contributed by atoms with Gasteiger partial charge in [-0.15, -0.1) is 0 Å². The van der Waals surface area contributed by atoms with Gasteiger partial charge in [0.25, 0.3) is 5.91 Å². The second-order valence-corrected chi connectivity index (χ2v) is 4.46. The van der Waals surface area contributed by atoms with E-state index in [-0.39, 0.29) is 12.5 Å². The zero-order valence-electron chi connectivity index (χ0n) is 11.3. The molecule has 0 saturated carbocycles. The van der Waals surface area contributed by atoms with E-state index >= 15 is 0 Å². The van der Waals surface area contributed by atoms with Crippen molar-refractivity contribution in [1.82, 2.24) is 10.2 Å². The molecule has 0 atom stereocenters. The average molecular weight is 259 g/mol. The van der Waals surface area contributed by atoms with Gasteiger partial charge in [0.2, 0.25) is 0 Å². The SMILES string of the molecule is Cc1cccc(OCC(=O)Nc2c(C)n[nH]c2C)c1. The van der Waals surface area contributed by atoms with E-state index in [2.05, 4.69) is 15.5 Å². The van der Waals surface area contributed by atoms with Crippen LogP contribution in [-0.2, 0) is 4.79 Å². The number of nitrogens with zero attached hydrogens (tertiary/aromatic N) is 1. The Bertz CT molecular complexity index is 571. The summed E-state index contributed by atoms with van der Waals surface area (Å²) in [5.74, 6) is 0.491. The number of carbonyl (C=O) groups excluding carboxylic acids is 1. The molecule has 2 aromatic rings. The number of hydrogen-bond donors (Lipinski definition) is 2. The number of hydrogen-bond acceptors (Lipinski definition) is 3. The van der Waals surface area contributed by atoms with Gasteiger partial charge in [0.15, 0.2) is 6.61 Å². The molecule has 19 heavy (non-hydrogen) atoms. The number of carbonyl (C=O) groups is 1. The standard InChI is InChI=1S/C14H17N3O2/c1-9-5-4-6-12(7-9)19-8-13(18)15-14-10(2)16-17-11(14)3/h4-7H,8H2,1-3H3,(H,15,18)(H,16,17). The summed E-state index contributed by atoms with van der Waals surface area (Å²) in [6, 6.07) is 7.59. The third-order valence-corrected chi connectivity index (χ3v) is 2.75. The van der Waals surface area contributed by atoms with Gasteiger partial charge in [0.1, 0.15) is 5.75 Å². The van der Waals surface area contributed by atoms with Crippen molar-refractivity contribution in [2.24, 2.45) is 0 Å². The molecule has 0 unspecified atom stereocenters. The third kappa shape index (κ3) is 3.34. The fourth-order valence-electron chi connectivity index (χ4n) is 1.76. The van der Waals surface area contributed by atoms with Crippen molar-refractivity contribution in [3.8, 4) is 5.75 Å². The number of aromatic amines is 1. The second-order valence-electron chi connectivity index (χ2n) is 4.46. The Morgan fingerprint density at radius 1 is 1.37 bits per heavy atom. The minimum Gasteiger partial charge on any atom is -0.484 e. The van der Waals surface area contributed by atoms with Gasteiger partial charge in [0, 0.05) is 0 Å².